The van der Waals surface area contributed by atoms with Crippen LogP contribution in [-0.2, 0) is 6.18 Å². The van der Waals surface area contributed by atoms with Gasteiger partial charge in [0.1, 0.15) is 11.9 Å². The Morgan fingerprint density at radius 2 is 1.71 bits per heavy atom. The van der Waals surface area contributed by atoms with E-state index in [0.717, 1.165) is 18.2 Å². The van der Waals surface area contributed by atoms with Crippen LogP contribution in [0.1, 0.15) is 11.1 Å². The number of aromatic nitrogens is 2. The van der Waals surface area contributed by atoms with Gasteiger partial charge < -0.3 is 0 Å². The molecule has 0 atom stereocenters. The fourth-order valence-corrected chi connectivity index (χ4v) is 2.35. The van der Waals surface area contributed by atoms with Crippen LogP contribution < -0.4 is 0 Å². The van der Waals surface area contributed by atoms with E-state index in [0.29, 0.717) is 16.8 Å². The summed E-state index contributed by atoms with van der Waals surface area (Å²) in [6.45, 7) is 0. The molecular formula is C17H9F4N3. The van der Waals surface area contributed by atoms with E-state index in [1.165, 1.54) is 24.4 Å². The lowest BCUT2D eigenvalue weighted by Crippen LogP contribution is -2.04. The third kappa shape index (κ3) is 2.86. The number of H-pyrrole nitrogens is 1. The molecule has 3 nitrogen and oxygen atoms in total. The highest BCUT2D eigenvalue weighted by Crippen LogP contribution is 2.33. The fourth-order valence-electron chi connectivity index (χ4n) is 2.35. The van der Waals surface area contributed by atoms with Gasteiger partial charge in [0.15, 0.2) is 0 Å². The summed E-state index contributed by atoms with van der Waals surface area (Å²) < 4.78 is 52.1. The van der Waals surface area contributed by atoms with Gasteiger partial charge in [-0.3, -0.25) is 5.10 Å². The van der Waals surface area contributed by atoms with Crippen molar-refractivity contribution in [3.63, 3.8) is 0 Å². The zero-order valence-electron chi connectivity index (χ0n) is 12.0. The topological polar surface area (TPSA) is 52.5 Å². The molecule has 1 aromatic heterocycles. The second kappa shape index (κ2) is 5.81. The minimum absolute atomic E-state index is 0.169. The second-order valence-corrected chi connectivity index (χ2v) is 5.03. The quantitative estimate of drug-likeness (QED) is 0.688. The molecule has 120 valence electrons. The Morgan fingerprint density at radius 3 is 2.25 bits per heavy atom. The van der Waals surface area contributed by atoms with Crippen molar-refractivity contribution in [2.24, 2.45) is 0 Å². The van der Waals surface area contributed by atoms with Crippen LogP contribution in [0.4, 0.5) is 17.6 Å². The molecule has 0 radical (unpaired) electrons. The third-order valence-corrected chi connectivity index (χ3v) is 3.52. The zero-order chi connectivity index (χ0) is 17.3. The van der Waals surface area contributed by atoms with Crippen molar-refractivity contribution in [1.82, 2.24) is 10.2 Å². The molecule has 1 N–H and O–H groups in total. The largest absolute Gasteiger partial charge is 0.416 e. The lowest BCUT2D eigenvalue weighted by atomic mass is 9.96. The Hall–Kier alpha value is -3.14. The molecule has 0 spiro atoms. The number of hydrogen-bond acceptors (Lipinski definition) is 2. The molecule has 3 rings (SSSR count). The number of nitrogens with zero attached hydrogens (tertiary/aromatic N) is 2. The highest BCUT2D eigenvalue weighted by atomic mass is 19.4. The number of rotatable bonds is 2. The molecule has 1 heterocycles. The van der Waals surface area contributed by atoms with E-state index in [-0.39, 0.29) is 11.1 Å². The van der Waals surface area contributed by atoms with Crippen molar-refractivity contribution in [1.29, 1.82) is 5.26 Å². The van der Waals surface area contributed by atoms with Crippen molar-refractivity contribution in [3.05, 3.63) is 65.6 Å². The first-order chi connectivity index (χ1) is 11.4. The average molecular weight is 331 g/mol. The minimum Gasteiger partial charge on any atom is -0.285 e. The standard InChI is InChI=1S/C17H9F4N3/c18-15-8-11(10-1-3-12(4-2-10)17(19,20)21)7-13(14(15)9-22)16-5-6-23-24-16/h1-8H,(H,23,24). The molecule has 0 aliphatic carbocycles. The molecule has 0 fully saturated rings. The fraction of sp³-hybridized carbons (Fsp3) is 0.0588. The van der Waals surface area contributed by atoms with Crippen LogP contribution in [0.15, 0.2) is 48.7 Å². The van der Waals surface area contributed by atoms with Crippen molar-refractivity contribution >= 4 is 0 Å². The number of alkyl halides is 3. The van der Waals surface area contributed by atoms with E-state index < -0.39 is 17.6 Å². The summed E-state index contributed by atoms with van der Waals surface area (Å²) in [4.78, 5) is 0. The lowest BCUT2D eigenvalue weighted by Gasteiger charge is -2.10. The first kappa shape index (κ1) is 15.7. The van der Waals surface area contributed by atoms with Gasteiger partial charge in [-0.05, 0) is 41.5 Å². The van der Waals surface area contributed by atoms with Crippen molar-refractivity contribution in [2.75, 3.05) is 0 Å². The van der Waals surface area contributed by atoms with Gasteiger partial charge in [-0.1, -0.05) is 12.1 Å². The van der Waals surface area contributed by atoms with E-state index in [9.17, 15) is 17.6 Å². The number of halogens is 4. The number of nitrogens with one attached hydrogen (secondary N) is 1. The average Bonchev–Trinajstić information content (AvgIpc) is 3.07. The van der Waals surface area contributed by atoms with Crippen LogP contribution in [-0.4, -0.2) is 10.2 Å². The second-order valence-electron chi connectivity index (χ2n) is 5.03. The van der Waals surface area contributed by atoms with Crippen LogP contribution in [0.5, 0.6) is 0 Å². The van der Waals surface area contributed by atoms with Crippen LogP contribution in [0, 0.1) is 17.1 Å². The maximum absolute atomic E-state index is 14.2. The molecule has 0 saturated heterocycles. The van der Waals surface area contributed by atoms with E-state index >= 15 is 0 Å². The van der Waals surface area contributed by atoms with E-state index in [4.69, 9.17) is 5.26 Å². The minimum atomic E-state index is -4.44. The first-order valence-corrected chi connectivity index (χ1v) is 6.81. The van der Waals surface area contributed by atoms with Gasteiger partial charge in [0.25, 0.3) is 0 Å². The Bertz CT molecular complexity index is 905. The van der Waals surface area contributed by atoms with E-state index in [2.05, 4.69) is 10.2 Å². The summed E-state index contributed by atoms with van der Waals surface area (Å²) in [5.74, 6) is -0.757. The predicted molar refractivity (Wildman–Crippen MR) is 79.1 cm³/mol. The molecule has 24 heavy (non-hydrogen) atoms. The molecule has 3 aromatic rings. The number of hydrogen-bond donors (Lipinski definition) is 1. The van der Waals surface area contributed by atoms with Gasteiger partial charge >= 0.3 is 6.18 Å². The maximum Gasteiger partial charge on any atom is 0.416 e. The van der Waals surface area contributed by atoms with Gasteiger partial charge in [-0.2, -0.15) is 23.5 Å². The SMILES string of the molecule is N#Cc1c(F)cc(-c2ccc(C(F)(F)F)cc2)cc1-c1cc[nH]n1. The van der Waals surface area contributed by atoms with E-state index in [1.54, 1.807) is 12.1 Å². The summed E-state index contributed by atoms with van der Waals surface area (Å²) in [5.41, 5.74) is 0.458. The van der Waals surface area contributed by atoms with Gasteiger partial charge in [-0.25, -0.2) is 4.39 Å². The molecule has 7 heteroatoms. The van der Waals surface area contributed by atoms with Crippen molar-refractivity contribution in [3.8, 4) is 28.5 Å². The molecule has 0 amide bonds. The Kier molecular flexibility index (Phi) is 3.81. The molecule has 0 saturated carbocycles. The summed E-state index contributed by atoms with van der Waals surface area (Å²) in [6, 6.07) is 10.4. The molecule has 0 aliphatic heterocycles. The molecular weight excluding hydrogens is 322 g/mol. The highest BCUT2D eigenvalue weighted by molar-refractivity contribution is 5.76. The van der Waals surface area contributed by atoms with Crippen LogP contribution in [0.25, 0.3) is 22.4 Å². The number of aromatic amines is 1. The van der Waals surface area contributed by atoms with Gasteiger partial charge in [0.05, 0.1) is 16.8 Å². The van der Waals surface area contributed by atoms with Gasteiger partial charge in [0, 0.05) is 11.8 Å². The normalized spacial score (nSPS) is 11.3. The Morgan fingerprint density at radius 1 is 1.00 bits per heavy atom. The summed E-state index contributed by atoms with van der Waals surface area (Å²) in [5, 5.41) is 15.6. The first-order valence-electron chi connectivity index (χ1n) is 6.81. The predicted octanol–water partition coefficient (Wildman–Crippen LogP) is 4.77. The van der Waals surface area contributed by atoms with Crippen molar-refractivity contribution < 1.29 is 17.6 Å². The molecule has 0 bridgehead atoms. The lowest BCUT2D eigenvalue weighted by molar-refractivity contribution is -0.137. The zero-order valence-corrected chi connectivity index (χ0v) is 12.0. The third-order valence-electron chi connectivity index (χ3n) is 3.52. The summed E-state index contributed by atoms with van der Waals surface area (Å²) in [6.07, 6.45) is -2.91. The van der Waals surface area contributed by atoms with Gasteiger partial charge in [-0.15, -0.1) is 0 Å². The van der Waals surface area contributed by atoms with Crippen molar-refractivity contribution in [2.45, 2.75) is 6.18 Å². The molecule has 2 aromatic carbocycles. The molecule has 0 unspecified atom stereocenters. The number of benzene rings is 2. The Balaban J connectivity index is 2.11. The summed E-state index contributed by atoms with van der Waals surface area (Å²) >= 11 is 0. The molecule has 0 aliphatic rings. The van der Waals surface area contributed by atoms with Crippen LogP contribution in [0.3, 0.4) is 0 Å². The van der Waals surface area contributed by atoms with Gasteiger partial charge in [0.2, 0.25) is 0 Å². The maximum atomic E-state index is 14.2. The van der Waals surface area contributed by atoms with Crippen LogP contribution in [0.2, 0.25) is 0 Å². The van der Waals surface area contributed by atoms with Crippen LogP contribution >= 0.6 is 0 Å². The smallest absolute Gasteiger partial charge is 0.285 e. The number of nitriles is 1. The Labute approximate surface area is 134 Å². The highest BCUT2D eigenvalue weighted by Gasteiger charge is 2.30. The van der Waals surface area contributed by atoms with E-state index in [1.807, 2.05) is 0 Å². The monoisotopic (exact) mass is 331 g/mol. The summed E-state index contributed by atoms with van der Waals surface area (Å²) in [7, 11) is 0.